The molecule has 2 aromatic rings. The number of carbonyl (C=O) groups excluding carboxylic acids is 1. The number of benzene rings is 1. The Bertz CT molecular complexity index is 870. The standard InChI is InChI=1S/C21H24N2O6/c1-26-15-4-2-13(3-5-15)10-14-11-16(23-21-19(14)28-8-9-29-21)20(25)22-17-12-27-7-6-18(17)24/h2-5,11,17-18,24H,6-10,12H2,1H3,(H,22,25)/t17-,18+/m1/s1. The maximum Gasteiger partial charge on any atom is 0.270 e. The molecule has 2 N–H and O–H groups in total. The number of aliphatic hydroxyl groups is 1. The van der Waals surface area contributed by atoms with Gasteiger partial charge in [0, 0.05) is 18.6 Å². The first-order valence-corrected chi connectivity index (χ1v) is 9.63. The molecule has 2 atom stereocenters. The van der Waals surface area contributed by atoms with Gasteiger partial charge in [-0.25, -0.2) is 4.98 Å². The number of pyridine rings is 1. The highest BCUT2D eigenvalue weighted by atomic mass is 16.6. The SMILES string of the molecule is COc1ccc(Cc2cc(C(=O)N[C@@H]3COCC[C@@H]3O)nc3c2OCCO3)cc1. The Balaban J connectivity index is 1.59. The number of aromatic nitrogens is 1. The van der Waals surface area contributed by atoms with Crippen molar-refractivity contribution in [2.24, 2.45) is 0 Å². The lowest BCUT2D eigenvalue weighted by atomic mass is 10.0. The van der Waals surface area contributed by atoms with Crippen LogP contribution in [0.2, 0.25) is 0 Å². The number of aliphatic hydroxyl groups excluding tert-OH is 1. The normalized spacial score (nSPS) is 20.8. The summed E-state index contributed by atoms with van der Waals surface area (Å²) in [5, 5.41) is 12.9. The van der Waals surface area contributed by atoms with Gasteiger partial charge < -0.3 is 29.4 Å². The van der Waals surface area contributed by atoms with Crippen LogP contribution in [0.4, 0.5) is 0 Å². The van der Waals surface area contributed by atoms with Gasteiger partial charge in [-0.05, 0) is 30.2 Å². The van der Waals surface area contributed by atoms with Gasteiger partial charge in [-0.2, -0.15) is 0 Å². The predicted octanol–water partition coefficient (Wildman–Crippen LogP) is 1.33. The monoisotopic (exact) mass is 400 g/mol. The van der Waals surface area contributed by atoms with Gasteiger partial charge in [-0.15, -0.1) is 0 Å². The van der Waals surface area contributed by atoms with E-state index in [1.54, 1.807) is 13.2 Å². The average molecular weight is 400 g/mol. The molecule has 0 aliphatic carbocycles. The highest BCUT2D eigenvalue weighted by Crippen LogP contribution is 2.34. The minimum atomic E-state index is -0.635. The molecule has 1 aromatic carbocycles. The second-order valence-corrected chi connectivity index (χ2v) is 7.03. The molecule has 8 nitrogen and oxygen atoms in total. The number of methoxy groups -OCH3 is 1. The summed E-state index contributed by atoms with van der Waals surface area (Å²) in [5.41, 5.74) is 2.07. The predicted molar refractivity (Wildman–Crippen MR) is 104 cm³/mol. The molecule has 3 heterocycles. The maximum atomic E-state index is 12.8. The van der Waals surface area contributed by atoms with E-state index < -0.39 is 12.1 Å². The molecule has 1 aromatic heterocycles. The third kappa shape index (κ3) is 4.44. The average Bonchev–Trinajstić information content (AvgIpc) is 2.76. The Hall–Kier alpha value is -2.84. The van der Waals surface area contributed by atoms with Crippen LogP contribution in [-0.2, 0) is 11.2 Å². The molecule has 8 heteroatoms. The maximum absolute atomic E-state index is 12.8. The molecule has 0 spiro atoms. The molecule has 0 saturated carbocycles. The van der Waals surface area contributed by atoms with Crippen molar-refractivity contribution in [2.45, 2.75) is 25.0 Å². The van der Waals surface area contributed by atoms with Crippen molar-refractivity contribution in [3.8, 4) is 17.4 Å². The second kappa shape index (κ2) is 8.67. The molecule has 29 heavy (non-hydrogen) atoms. The van der Waals surface area contributed by atoms with E-state index in [0.29, 0.717) is 44.3 Å². The number of nitrogens with one attached hydrogen (secondary N) is 1. The zero-order valence-electron chi connectivity index (χ0n) is 16.2. The topological polar surface area (TPSA) is 99.1 Å². The van der Waals surface area contributed by atoms with Crippen LogP contribution in [0.25, 0.3) is 0 Å². The summed E-state index contributed by atoms with van der Waals surface area (Å²) in [4.78, 5) is 17.1. The van der Waals surface area contributed by atoms with Crippen LogP contribution in [0.3, 0.4) is 0 Å². The molecule has 0 unspecified atom stereocenters. The Labute approximate surface area is 168 Å². The highest BCUT2D eigenvalue weighted by Gasteiger charge is 2.28. The molecular weight excluding hydrogens is 376 g/mol. The van der Waals surface area contributed by atoms with E-state index in [4.69, 9.17) is 18.9 Å². The van der Waals surface area contributed by atoms with Gasteiger partial charge in [0.2, 0.25) is 0 Å². The van der Waals surface area contributed by atoms with Gasteiger partial charge in [0.25, 0.3) is 11.8 Å². The molecule has 1 saturated heterocycles. The summed E-state index contributed by atoms with van der Waals surface area (Å²) in [6.45, 7) is 1.57. The largest absolute Gasteiger partial charge is 0.497 e. The number of ether oxygens (including phenoxy) is 4. The third-order valence-electron chi connectivity index (χ3n) is 5.01. The fourth-order valence-electron chi connectivity index (χ4n) is 3.41. The van der Waals surface area contributed by atoms with E-state index in [9.17, 15) is 9.90 Å². The molecular formula is C21H24N2O6. The number of rotatable bonds is 5. The minimum Gasteiger partial charge on any atom is -0.497 e. The van der Waals surface area contributed by atoms with Gasteiger partial charge in [-0.1, -0.05) is 12.1 Å². The summed E-state index contributed by atoms with van der Waals surface area (Å²) in [6.07, 6.45) is 0.402. The van der Waals surface area contributed by atoms with Crippen molar-refractivity contribution in [3.05, 3.63) is 47.2 Å². The van der Waals surface area contributed by atoms with Crippen molar-refractivity contribution >= 4 is 5.91 Å². The quantitative estimate of drug-likeness (QED) is 0.781. The van der Waals surface area contributed by atoms with E-state index in [1.807, 2.05) is 24.3 Å². The van der Waals surface area contributed by atoms with Gasteiger partial charge in [0.15, 0.2) is 5.75 Å². The molecule has 1 amide bonds. The minimum absolute atomic E-state index is 0.218. The van der Waals surface area contributed by atoms with Crippen LogP contribution < -0.4 is 19.5 Å². The van der Waals surface area contributed by atoms with Crippen LogP contribution in [0.15, 0.2) is 30.3 Å². The first-order valence-electron chi connectivity index (χ1n) is 9.63. The number of hydrogen-bond acceptors (Lipinski definition) is 7. The van der Waals surface area contributed by atoms with E-state index in [0.717, 1.165) is 16.9 Å². The first kappa shape index (κ1) is 19.5. The van der Waals surface area contributed by atoms with Crippen LogP contribution in [-0.4, -0.2) is 61.7 Å². The van der Waals surface area contributed by atoms with E-state index in [1.165, 1.54) is 0 Å². The number of nitrogens with zero attached hydrogens (tertiary/aromatic N) is 1. The lowest BCUT2D eigenvalue weighted by Crippen LogP contribution is -2.49. The molecule has 0 radical (unpaired) electrons. The summed E-state index contributed by atoms with van der Waals surface area (Å²) in [6, 6.07) is 8.95. The highest BCUT2D eigenvalue weighted by molar-refractivity contribution is 5.93. The van der Waals surface area contributed by atoms with Crippen molar-refractivity contribution in [3.63, 3.8) is 0 Å². The fraction of sp³-hybridized carbons (Fsp3) is 0.429. The Kier molecular flexibility index (Phi) is 5.82. The lowest BCUT2D eigenvalue weighted by Gasteiger charge is -2.28. The van der Waals surface area contributed by atoms with Gasteiger partial charge in [0.05, 0.1) is 25.9 Å². The van der Waals surface area contributed by atoms with Crippen LogP contribution >= 0.6 is 0 Å². The second-order valence-electron chi connectivity index (χ2n) is 7.03. The number of carbonyl (C=O) groups is 1. The van der Waals surface area contributed by atoms with Crippen molar-refractivity contribution in [1.82, 2.24) is 10.3 Å². The number of hydrogen-bond donors (Lipinski definition) is 2. The summed E-state index contributed by atoms with van der Waals surface area (Å²) in [7, 11) is 1.62. The molecule has 4 rings (SSSR count). The van der Waals surface area contributed by atoms with Crippen molar-refractivity contribution in [1.29, 1.82) is 0 Å². The number of amides is 1. The van der Waals surface area contributed by atoms with Gasteiger partial charge in [0.1, 0.15) is 24.7 Å². The summed E-state index contributed by atoms with van der Waals surface area (Å²) >= 11 is 0. The van der Waals surface area contributed by atoms with Gasteiger partial charge in [-0.3, -0.25) is 4.79 Å². The summed E-state index contributed by atoms with van der Waals surface area (Å²) < 4.78 is 22.0. The van der Waals surface area contributed by atoms with Crippen LogP contribution in [0.5, 0.6) is 17.4 Å². The fourth-order valence-corrected chi connectivity index (χ4v) is 3.41. The first-order chi connectivity index (χ1) is 14.1. The van der Waals surface area contributed by atoms with E-state index in [-0.39, 0.29) is 18.2 Å². The molecule has 2 aliphatic heterocycles. The molecule has 154 valence electrons. The van der Waals surface area contributed by atoms with E-state index >= 15 is 0 Å². The Morgan fingerprint density at radius 3 is 2.79 bits per heavy atom. The number of fused-ring (bicyclic) bond motifs is 1. The smallest absolute Gasteiger partial charge is 0.270 e. The van der Waals surface area contributed by atoms with Crippen molar-refractivity contribution < 1.29 is 28.8 Å². The molecule has 1 fully saturated rings. The van der Waals surface area contributed by atoms with Crippen LogP contribution in [0.1, 0.15) is 28.0 Å². The zero-order valence-corrected chi connectivity index (χ0v) is 16.2. The van der Waals surface area contributed by atoms with Crippen LogP contribution in [0, 0.1) is 0 Å². The third-order valence-corrected chi connectivity index (χ3v) is 5.01. The molecule has 2 aliphatic rings. The van der Waals surface area contributed by atoms with Crippen molar-refractivity contribution in [2.75, 3.05) is 33.5 Å². The lowest BCUT2D eigenvalue weighted by molar-refractivity contribution is -0.0140. The zero-order chi connectivity index (χ0) is 20.2. The van der Waals surface area contributed by atoms with Gasteiger partial charge >= 0.3 is 0 Å². The summed E-state index contributed by atoms with van der Waals surface area (Å²) in [5.74, 6) is 1.27. The Morgan fingerprint density at radius 2 is 2.03 bits per heavy atom. The Morgan fingerprint density at radius 1 is 1.24 bits per heavy atom. The van der Waals surface area contributed by atoms with E-state index in [2.05, 4.69) is 10.3 Å². The molecule has 0 bridgehead atoms.